The summed E-state index contributed by atoms with van der Waals surface area (Å²) in [5.74, 6) is -0.435. The number of carbonyl (C=O) groups is 1. The lowest BCUT2D eigenvalue weighted by Gasteiger charge is -2.29. The first-order valence-corrected chi connectivity index (χ1v) is 6.47. The van der Waals surface area contributed by atoms with Crippen molar-refractivity contribution in [1.82, 2.24) is 5.32 Å². The summed E-state index contributed by atoms with van der Waals surface area (Å²) < 4.78 is 0. The summed E-state index contributed by atoms with van der Waals surface area (Å²) in [7, 11) is 0. The molecule has 0 spiro atoms. The van der Waals surface area contributed by atoms with E-state index in [2.05, 4.69) is 5.32 Å². The van der Waals surface area contributed by atoms with E-state index in [-0.39, 0.29) is 23.6 Å². The molecule has 2 unspecified atom stereocenters. The number of rotatable bonds is 5. The Balaban J connectivity index is 2.88. The van der Waals surface area contributed by atoms with Crippen LogP contribution >= 0.6 is 0 Å². The van der Waals surface area contributed by atoms with Crippen molar-refractivity contribution in [2.45, 2.75) is 39.3 Å². The number of benzene rings is 1. The van der Waals surface area contributed by atoms with Gasteiger partial charge in [-0.15, -0.1) is 0 Å². The van der Waals surface area contributed by atoms with Gasteiger partial charge in [-0.1, -0.05) is 6.92 Å². The van der Waals surface area contributed by atoms with E-state index in [4.69, 9.17) is 5.73 Å². The second-order valence-corrected chi connectivity index (χ2v) is 5.57. The zero-order chi connectivity index (χ0) is 15.5. The molecule has 2 atom stereocenters. The Hall–Kier alpha value is -1.95. The third-order valence-electron chi connectivity index (χ3n) is 3.44. The minimum Gasteiger partial charge on any atom is -0.347 e. The molecule has 6 nitrogen and oxygen atoms in total. The fourth-order valence-corrected chi connectivity index (χ4v) is 1.73. The number of carbonyl (C=O) groups excluding carboxylic acids is 1. The van der Waals surface area contributed by atoms with E-state index in [0.29, 0.717) is 0 Å². The largest absolute Gasteiger partial charge is 0.347 e. The highest BCUT2D eigenvalue weighted by Crippen LogP contribution is 2.23. The molecule has 110 valence electrons. The van der Waals surface area contributed by atoms with Crippen molar-refractivity contribution in [3.8, 4) is 0 Å². The molecule has 0 aliphatic rings. The molecule has 20 heavy (non-hydrogen) atoms. The molecule has 1 aromatic rings. The van der Waals surface area contributed by atoms with E-state index in [9.17, 15) is 14.9 Å². The molecule has 0 saturated heterocycles. The maximum Gasteiger partial charge on any atom is 0.269 e. The molecule has 1 amide bonds. The number of nitrogens with zero attached hydrogens (tertiary/aromatic N) is 1. The van der Waals surface area contributed by atoms with Crippen LogP contribution in [0.5, 0.6) is 0 Å². The van der Waals surface area contributed by atoms with E-state index in [0.717, 1.165) is 5.56 Å². The van der Waals surface area contributed by atoms with Gasteiger partial charge in [-0.2, -0.15) is 0 Å². The van der Waals surface area contributed by atoms with Crippen molar-refractivity contribution in [2.24, 2.45) is 11.7 Å². The van der Waals surface area contributed by atoms with Gasteiger partial charge in [0.05, 0.1) is 10.5 Å². The number of nitro benzene ring substituents is 1. The van der Waals surface area contributed by atoms with Gasteiger partial charge < -0.3 is 11.1 Å². The minimum atomic E-state index is -0.616. The Kier molecular flexibility index (Phi) is 4.83. The first-order valence-electron chi connectivity index (χ1n) is 6.47. The van der Waals surface area contributed by atoms with E-state index in [1.165, 1.54) is 12.1 Å². The van der Waals surface area contributed by atoms with Gasteiger partial charge in [0, 0.05) is 24.1 Å². The number of nitro groups is 1. The molecule has 0 aliphatic carbocycles. The fourth-order valence-electron chi connectivity index (χ4n) is 1.73. The molecule has 0 aromatic heterocycles. The lowest BCUT2D eigenvalue weighted by atomic mass is 9.92. The molecule has 1 aromatic carbocycles. The average Bonchev–Trinajstić information content (AvgIpc) is 2.37. The molecule has 0 fully saturated rings. The average molecular weight is 279 g/mol. The fraction of sp³-hybridized carbons (Fsp3) is 0.500. The van der Waals surface area contributed by atoms with Crippen LogP contribution < -0.4 is 11.1 Å². The van der Waals surface area contributed by atoms with Crippen LogP contribution in [0.2, 0.25) is 0 Å². The van der Waals surface area contributed by atoms with Gasteiger partial charge in [-0.3, -0.25) is 14.9 Å². The standard InChI is InChI=1S/C14H21N3O3/c1-9(10(2)15)13(18)16-14(3,4)11-5-7-12(8-6-11)17(19)20/h5-10H,15H2,1-4H3,(H,16,18). The van der Waals surface area contributed by atoms with Crippen molar-refractivity contribution in [1.29, 1.82) is 0 Å². The zero-order valence-corrected chi connectivity index (χ0v) is 12.2. The predicted octanol–water partition coefficient (Wildman–Crippen LogP) is 1.93. The Morgan fingerprint density at radius 2 is 1.80 bits per heavy atom. The maximum atomic E-state index is 12.0. The van der Waals surface area contributed by atoms with Gasteiger partial charge in [0.25, 0.3) is 5.69 Å². The molecule has 3 N–H and O–H groups in total. The highest BCUT2D eigenvalue weighted by molar-refractivity contribution is 5.79. The van der Waals surface area contributed by atoms with Crippen LogP contribution in [0.25, 0.3) is 0 Å². The smallest absolute Gasteiger partial charge is 0.269 e. The summed E-state index contributed by atoms with van der Waals surface area (Å²) in [4.78, 5) is 22.2. The van der Waals surface area contributed by atoms with Crippen molar-refractivity contribution >= 4 is 11.6 Å². The number of non-ortho nitro benzene ring substituents is 1. The van der Waals surface area contributed by atoms with Gasteiger partial charge in [0.2, 0.25) is 5.91 Å². The molecule has 0 saturated carbocycles. The summed E-state index contributed by atoms with van der Waals surface area (Å²) in [6.45, 7) is 7.25. The van der Waals surface area contributed by atoms with E-state index in [1.807, 2.05) is 13.8 Å². The van der Waals surface area contributed by atoms with Crippen molar-refractivity contribution in [3.05, 3.63) is 39.9 Å². The molecule has 0 radical (unpaired) electrons. The number of nitrogens with one attached hydrogen (secondary N) is 1. The zero-order valence-electron chi connectivity index (χ0n) is 12.2. The highest BCUT2D eigenvalue weighted by atomic mass is 16.6. The third-order valence-corrected chi connectivity index (χ3v) is 3.44. The first-order chi connectivity index (χ1) is 9.15. The summed E-state index contributed by atoms with van der Waals surface area (Å²) >= 11 is 0. The lowest BCUT2D eigenvalue weighted by molar-refractivity contribution is -0.384. The van der Waals surface area contributed by atoms with Crippen LogP contribution in [-0.4, -0.2) is 16.9 Å². The Bertz CT molecular complexity index is 495. The van der Waals surface area contributed by atoms with Crippen LogP contribution in [-0.2, 0) is 10.3 Å². The first kappa shape index (κ1) is 16.1. The molecular formula is C14H21N3O3. The second-order valence-electron chi connectivity index (χ2n) is 5.57. The van der Waals surface area contributed by atoms with Gasteiger partial charge in [-0.05, 0) is 38.5 Å². The van der Waals surface area contributed by atoms with Crippen molar-refractivity contribution in [3.63, 3.8) is 0 Å². The summed E-state index contributed by atoms with van der Waals surface area (Å²) in [5.41, 5.74) is 5.92. The molecule has 6 heteroatoms. The molecule has 0 bridgehead atoms. The van der Waals surface area contributed by atoms with Gasteiger partial charge in [0.1, 0.15) is 0 Å². The minimum absolute atomic E-state index is 0.0276. The highest BCUT2D eigenvalue weighted by Gasteiger charge is 2.27. The Morgan fingerprint density at radius 1 is 1.30 bits per heavy atom. The molecule has 0 heterocycles. The summed E-state index contributed by atoms with van der Waals surface area (Å²) in [5, 5.41) is 13.5. The van der Waals surface area contributed by atoms with Crippen LogP contribution in [0.3, 0.4) is 0 Å². The second kappa shape index (κ2) is 6.00. The summed E-state index contributed by atoms with van der Waals surface area (Å²) in [6, 6.07) is 5.92. The van der Waals surface area contributed by atoms with E-state index in [1.54, 1.807) is 26.0 Å². The van der Waals surface area contributed by atoms with Gasteiger partial charge >= 0.3 is 0 Å². The quantitative estimate of drug-likeness (QED) is 0.635. The maximum absolute atomic E-state index is 12.0. The van der Waals surface area contributed by atoms with Crippen LogP contribution in [0.4, 0.5) is 5.69 Å². The molecule has 1 rings (SSSR count). The Labute approximate surface area is 118 Å². The van der Waals surface area contributed by atoms with Crippen LogP contribution in [0.15, 0.2) is 24.3 Å². The summed E-state index contributed by atoms with van der Waals surface area (Å²) in [6.07, 6.45) is 0. The van der Waals surface area contributed by atoms with E-state index < -0.39 is 10.5 Å². The number of hydrogen-bond donors (Lipinski definition) is 2. The van der Waals surface area contributed by atoms with Gasteiger partial charge in [0.15, 0.2) is 0 Å². The SMILES string of the molecule is CC(N)C(C)C(=O)NC(C)(C)c1ccc([N+](=O)[O-])cc1. The van der Waals surface area contributed by atoms with E-state index >= 15 is 0 Å². The normalized spacial score (nSPS) is 14.4. The molecular weight excluding hydrogens is 258 g/mol. The number of amides is 1. The van der Waals surface area contributed by atoms with Crippen molar-refractivity contribution < 1.29 is 9.72 Å². The number of nitrogens with two attached hydrogens (primary N) is 1. The predicted molar refractivity (Wildman–Crippen MR) is 77.1 cm³/mol. The van der Waals surface area contributed by atoms with Crippen LogP contribution in [0.1, 0.15) is 33.3 Å². The number of hydrogen-bond acceptors (Lipinski definition) is 4. The Morgan fingerprint density at radius 3 is 2.20 bits per heavy atom. The monoisotopic (exact) mass is 279 g/mol. The van der Waals surface area contributed by atoms with Crippen molar-refractivity contribution in [2.75, 3.05) is 0 Å². The third kappa shape index (κ3) is 3.77. The van der Waals surface area contributed by atoms with Crippen LogP contribution in [0, 0.1) is 16.0 Å². The topological polar surface area (TPSA) is 98.3 Å². The molecule has 0 aliphatic heterocycles. The van der Waals surface area contributed by atoms with Gasteiger partial charge in [-0.25, -0.2) is 0 Å². The lowest BCUT2D eigenvalue weighted by Crippen LogP contribution is -2.47.